The molecule has 2 rings (SSSR count). The van der Waals surface area contributed by atoms with E-state index >= 15 is 0 Å². The van der Waals surface area contributed by atoms with Crippen LogP contribution in [0.25, 0.3) is 0 Å². The van der Waals surface area contributed by atoms with E-state index in [1.54, 1.807) is 12.1 Å². The average Bonchev–Trinajstić information content (AvgIpc) is 2.41. The molecule has 20 heavy (non-hydrogen) atoms. The van der Waals surface area contributed by atoms with Gasteiger partial charge in [-0.1, -0.05) is 42.0 Å². The molecule has 2 unspecified atom stereocenters. The summed E-state index contributed by atoms with van der Waals surface area (Å²) in [6.07, 6.45) is 0. The molecular formula is C16H16FNO2. The van der Waals surface area contributed by atoms with E-state index in [9.17, 15) is 14.3 Å². The molecule has 0 spiro atoms. The van der Waals surface area contributed by atoms with Crippen LogP contribution in [0.15, 0.2) is 48.5 Å². The molecule has 3 nitrogen and oxygen atoms in total. The minimum absolute atomic E-state index is 0.361. The second-order valence-electron chi connectivity index (χ2n) is 4.81. The molecule has 2 atom stereocenters. The summed E-state index contributed by atoms with van der Waals surface area (Å²) in [5.74, 6) is -1.95. The molecule has 0 aliphatic rings. The molecule has 0 aliphatic heterocycles. The number of aliphatic carboxylic acids is 1. The quantitative estimate of drug-likeness (QED) is 0.900. The van der Waals surface area contributed by atoms with Gasteiger partial charge in [-0.05, 0) is 30.2 Å². The number of carboxylic acids is 1. The molecule has 0 bridgehead atoms. The zero-order valence-corrected chi connectivity index (χ0v) is 11.1. The van der Waals surface area contributed by atoms with Crippen molar-refractivity contribution < 1.29 is 14.3 Å². The molecule has 3 N–H and O–H groups in total. The molecule has 0 saturated carbocycles. The Kier molecular flexibility index (Phi) is 4.15. The maximum absolute atomic E-state index is 13.0. The van der Waals surface area contributed by atoms with Gasteiger partial charge in [-0.2, -0.15) is 0 Å². The summed E-state index contributed by atoms with van der Waals surface area (Å²) < 4.78 is 13.0. The summed E-state index contributed by atoms with van der Waals surface area (Å²) in [7, 11) is 0. The van der Waals surface area contributed by atoms with Gasteiger partial charge in [0.05, 0.1) is 0 Å². The fraction of sp³-hybridized carbons (Fsp3) is 0.188. The SMILES string of the molecule is Cc1cccc(C(c2ccc(F)cc2)C(N)C(=O)O)c1. The summed E-state index contributed by atoms with van der Waals surface area (Å²) in [5.41, 5.74) is 8.34. The van der Waals surface area contributed by atoms with Gasteiger partial charge in [0.2, 0.25) is 0 Å². The Balaban J connectivity index is 2.49. The Bertz CT molecular complexity index is 610. The van der Waals surface area contributed by atoms with Crippen LogP contribution in [0.3, 0.4) is 0 Å². The van der Waals surface area contributed by atoms with Crippen LogP contribution in [0.5, 0.6) is 0 Å². The Morgan fingerprint density at radius 2 is 1.80 bits per heavy atom. The molecule has 0 heterocycles. The molecule has 0 aromatic heterocycles. The molecular weight excluding hydrogens is 257 g/mol. The van der Waals surface area contributed by atoms with E-state index < -0.39 is 17.9 Å². The molecule has 2 aromatic carbocycles. The van der Waals surface area contributed by atoms with Crippen LogP contribution in [-0.4, -0.2) is 17.1 Å². The Morgan fingerprint density at radius 1 is 1.15 bits per heavy atom. The summed E-state index contributed by atoms with van der Waals surface area (Å²) in [6, 6.07) is 12.2. The standard InChI is InChI=1S/C16H16FNO2/c1-10-3-2-4-12(9-10)14(15(18)16(19)20)11-5-7-13(17)8-6-11/h2-9,14-15H,18H2,1H3,(H,19,20). The molecule has 2 aromatic rings. The van der Waals surface area contributed by atoms with Gasteiger partial charge >= 0.3 is 5.97 Å². The summed E-state index contributed by atoms with van der Waals surface area (Å²) in [5, 5.41) is 9.20. The minimum Gasteiger partial charge on any atom is -0.480 e. The predicted molar refractivity (Wildman–Crippen MR) is 75.0 cm³/mol. The first-order valence-corrected chi connectivity index (χ1v) is 6.29. The van der Waals surface area contributed by atoms with Gasteiger partial charge < -0.3 is 10.8 Å². The number of rotatable bonds is 4. The lowest BCUT2D eigenvalue weighted by atomic mass is 9.85. The second kappa shape index (κ2) is 5.84. The van der Waals surface area contributed by atoms with E-state index in [4.69, 9.17) is 5.73 Å². The lowest BCUT2D eigenvalue weighted by Crippen LogP contribution is -2.37. The van der Waals surface area contributed by atoms with E-state index in [0.29, 0.717) is 5.56 Å². The smallest absolute Gasteiger partial charge is 0.321 e. The summed E-state index contributed by atoms with van der Waals surface area (Å²) >= 11 is 0. The second-order valence-corrected chi connectivity index (χ2v) is 4.81. The first-order chi connectivity index (χ1) is 9.49. The molecule has 0 fully saturated rings. The predicted octanol–water partition coefficient (Wildman–Crippen LogP) is 2.68. The highest BCUT2D eigenvalue weighted by Crippen LogP contribution is 2.28. The highest BCUT2D eigenvalue weighted by atomic mass is 19.1. The van der Waals surface area contributed by atoms with Crippen LogP contribution < -0.4 is 5.73 Å². The van der Waals surface area contributed by atoms with Crippen molar-refractivity contribution in [2.45, 2.75) is 18.9 Å². The van der Waals surface area contributed by atoms with Crippen LogP contribution in [0.4, 0.5) is 4.39 Å². The molecule has 0 aliphatic carbocycles. The van der Waals surface area contributed by atoms with Gasteiger partial charge in [-0.15, -0.1) is 0 Å². The fourth-order valence-corrected chi connectivity index (χ4v) is 2.28. The van der Waals surface area contributed by atoms with Gasteiger partial charge in [0.15, 0.2) is 0 Å². The minimum atomic E-state index is -1.08. The summed E-state index contributed by atoms with van der Waals surface area (Å²) in [4.78, 5) is 11.2. The maximum Gasteiger partial charge on any atom is 0.321 e. The number of halogens is 1. The van der Waals surface area contributed by atoms with Gasteiger partial charge in [-0.3, -0.25) is 4.79 Å². The van der Waals surface area contributed by atoms with Crippen LogP contribution in [0, 0.1) is 12.7 Å². The zero-order chi connectivity index (χ0) is 14.7. The normalized spacial score (nSPS) is 13.8. The molecule has 104 valence electrons. The van der Waals surface area contributed by atoms with Crippen LogP contribution in [0.2, 0.25) is 0 Å². The van der Waals surface area contributed by atoms with Crippen LogP contribution in [-0.2, 0) is 4.79 Å². The molecule has 0 saturated heterocycles. The third kappa shape index (κ3) is 3.03. The molecule has 0 radical (unpaired) electrons. The van der Waals surface area contributed by atoms with Crippen molar-refractivity contribution >= 4 is 5.97 Å². The fourth-order valence-electron chi connectivity index (χ4n) is 2.28. The number of carboxylic acid groups (broad SMARTS) is 1. The summed E-state index contributed by atoms with van der Waals surface area (Å²) in [6.45, 7) is 1.93. The van der Waals surface area contributed by atoms with Crippen molar-refractivity contribution in [3.05, 3.63) is 71.0 Å². The lowest BCUT2D eigenvalue weighted by molar-refractivity contribution is -0.138. The number of benzene rings is 2. The largest absolute Gasteiger partial charge is 0.480 e. The monoisotopic (exact) mass is 273 g/mol. The number of carbonyl (C=O) groups is 1. The number of hydrogen-bond donors (Lipinski definition) is 2. The van der Waals surface area contributed by atoms with Crippen LogP contribution >= 0.6 is 0 Å². The zero-order valence-electron chi connectivity index (χ0n) is 11.1. The molecule has 4 heteroatoms. The Hall–Kier alpha value is -2.20. The topological polar surface area (TPSA) is 63.3 Å². The maximum atomic E-state index is 13.0. The number of hydrogen-bond acceptors (Lipinski definition) is 2. The Morgan fingerprint density at radius 3 is 2.35 bits per heavy atom. The Labute approximate surface area is 116 Å². The van der Waals surface area contributed by atoms with Crippen molar-refractivity contribution in [1.82, 2.24) is 0 Å². The van der Waals surface area contributed by atoms with E-state index in [0.717, 1.165) is 11.1 Å². The van der Waals surface area contributed by atoms with Crippen LogP contribution in [0.1, 0.15) is 22.6 Å². The van der Waals surface area contributed by atoms with Crippen molar-refractivity contribution in [2.24, 2.45) is 5.73 Å². The number of aryl methyl sites for hydroxylation is 1. The van der Waals surface area contributed by atoms with Crippen molar-refractivity contribution in [1.29, 1.82) is 0 Å². The lowest BCUT2D eigenvalue weighted by Gasteiger charge is -2.22. The first kappa shape index (κ1) is 14.2. The highest BCUT2D eigenvalue weighted by Gasteiger charge is 2.27. The third-order valence-corrected chi connectivity index (χ3v) is 3.27. The highest BCUT2D eigenvalue weighted by molar-refractivity contribution is 5.75. The first-order valence-electron chi connectivity index (χ1n) is 6.29. The van der Waals surface area contributed by atoms with Gasteiger partial charge in [0.1, 0.15) is 11.9 Å². The van der Waals surface area contributed by atoms with E-state index in [1.807, 2.05) is 31.2 Å². The number of nitrogens with two attached hydrogens (primary N) is 1. The van der Waals surface area contributed by atoms with Crippen molar-refractivity contribution in [3.8, 4) is 0 Å². The van der Waals surface area contributed by atoms with Crippen molar-refractivity contribution in [2.75, 3.05) is 0 Å². The van der Waals surface area contributed by atoms with Gasteiger partial charge in [0.25, 0.3) is 0 Å². The third-order valence-electron chi connectivity index (χ3n) is 3.27. The van der Waals surface area contributed by atoms with E-state index in [1.165, 1.54) is 12.1 Å². The molecule has 0 amide bonds. The van der Waals surface area contributed by atoms with E-state index in [2.05, 4.69) is 0 Å². The van der Waals surface area contributed by atoms with Crippen molar-refractivity contribution in [3.63, 3.8) is 0 Å². The van der Waals surface area contributed by atoms with Gasteiger partial charge in [-0.25, -0.2) is 4.39 Å². The van der Waals surface area contributed by atoms with E-state index in [-0.39, 0.29) is 5.82 Å². The van der Waals surface area contributed by atoms with Gasteiger partial charge in [0, 0.05) is 5.92 Å². The average molecular weight is 273 g/mol.